The first-order chi connectivity index (χ1) is 7.19. The summed E-state index contributed by atoms with van der Waals surface area (Å²) in [7, 11) is 0. The Morgan fingerprint density at radius 2 is 2.40 bits per heavy atom. The summed E-state index contributed by atoms with van der Waals surface area (Å²) in [6, 6.07) is 4.98. The second-order valence-electron chi connectivity index (χ2n) is 2.57. The number of benzene rings is 1. The van der Waals surface area contributed by atoms with E-state index in [1.807, 2.05) is 0 Å². The van der Waals surface area contributed by atoms with Gasteiger partial charge in [-0.3, -0.25) is 0 Å². The van der Waals surface area contributed by atoms with Gasteiger partial charge in [0.15, 0.2) is 0 Å². The van der Waals surface area contributed by atoms with Crippen molar-refractivity contribution in [1.29, 1.82) is 0 Å². The number of esters is 1. The van der Waals surface area contributed by atoms with Crippen LogP contribution in [0.5, 0.6) is 0 Å². The van der Waals surface area contributed by atoms with Crippen LogP contribution in [0.4, 0.5) is 5.69 Å². The van der Waals surface area contributed by atoms with Gasteiger partial charge in [-0.05, 0) is 47.2 Å². The van der Waals surface area contributed by atoms with Crippen LogP contribution in [0.2, 0.25) is 0 Å². The number of carbonyl (C=O) groups is 1. The van der Waals surface area contributed by atoms with Gasteiger partial charge in [-0.25, -0.2) is 4.79 Å². The van der Waals surface area contributed by atoms with Crippen LogP contribution in [0.25, 0.3) is 10.4 Å². The van der Waals surface area contributed by atoms with Gasteiger partial charge >= 0.3 is 5.97 Å². The summed E-state index contributed by atoms with van der Waals surface area (Å²) >= 11 is 2.07. The van der Waals surface area contributed by atoms with Crippen LogP contribution >= 0.6 is 22.6 Å². The van der Waals surface area contributed by atoms with E-state index in [1.54, 1.807) is 25.1 Å². The van der Waals surface area contributed by atoms with E-state index in [0.717, 1.165) is 3.57 Å². The number of nitrogens with zero attached hydrogens (tertiary/aromatic N) is 3. The van der Waals surface area contributed by atoms with E-state index in [4.69, 9.17) is 10.3 Å². The second kappa shape index (κ2) is 5.57. The number of rotatable bonds is 3. The van der Waals surface area contributed by atoms with Crippen LogP contribution in [0.3, 0.4) is 0 Å². The van der Waals surface area contributed by atoms with E-state index in [-0.39, 0.29) is 5.69 Å². The molecule has 0 saturated carbocycles. The molecule has 0 N–H and O–H groups in total. The molecule has 0 aliphatic rings. The van der Waals surface area contributed by atoms with Crippen molar-refractivity contribution >= 4 is 34.2 Å². The van der Waals surface area contributed by atoms with Crippen molar-refractivity contribution in [2.24, 2.45) is 5.11 Å². The first kappa shape index (κ1) is 11.8. The van der Waals surface area contributed by atoms with Gasteiger partial charge in [0.05, 0.1) is 17.9 Å². The van der Waals surface area contributed by atoms with Gasteiger partial charge in [0.2, 0.25) is 0 Å². The molecule has 0 unspecified atom stereocenters. The zero-order valence-corrected chi connectivity index (χ0v) is 10.1. The zero-order chi connectivity index (χ0) is 11.3. The highest BCUT2D eigenvalue weighted by atomic mass is 127. The first-order valence-corrected chi connectivity index (χ1v) is 5.28. The third kappa shape index (κ3) is 3.10. The van der Waals surface area contributed by atoms with Crippen LogP contribution in [-0.2, 0) is 4.74 Å². The van der Waals surface area contributed by atoms with E-state index >= 15 is 0 Å². The molecule has 0 aliphatic heterocycles. The number of azide groups is 1. The lowest BCUT2D eigenvalue weighted by atomic mass is 10.2. The number of ether oxygens (including phenoxy) is 1. The Labute approximate surface area is 100 Å². The van der Waals surface area contributed by atoms with Crippen LogP contribution in [0.15, 0.2) is 23.3 Å². The minimum atomic E-state index is -0.474. The van der Waals surface area contributed by atoms with Crippen LogP contribution < -0.4 is 0 Å². The highest BCUT2D eigenvalue weighted by Gasteiger charge is 2.11. The molecule has 0 amide bonds. The minimum Gasteiger partial charge on any atom is -0.462 e. The normalized spacial score (nSPS) is 9.20. The molecule has 6 heteroatoms. The predicted molar refractivity (Wildman–Crippen MR) is 63.9 cm³/mol. The number of hydrogen-bond donors (Lipinski definition) is 0. The Morgan fingerprint density at radius 3 is 3.00 bits per heavy atom. The maximum atomic E-state index is 11.5. The Kier molecular flexibility index (Phi) is 4.38. The van der Waals surface area contributed by atoms with E-state index in [9.17, 15) is 4.79 Å². The molecule has 5 nitrogen and oxygen atoms in total. The average Bonchev–Trinajstić information content (AvgIpc) is 2.21. The molecule has 0 atom stereocenters. The van der Waals surface area contributed by atoms with Crippen molar-refractivity contribution < 1.29 is 9.53 Å². The molecule has 15 heavy (non-hydrogen) atoms. The highest BCUT2D eigenvalue weighted by molar-refractivity contribution is 14.1. The van der Waals surface area contributed by atoms with Gasteiger partial charge in [-0.15, -0.1) is 0 Å². The molecule has 0 heterocycles. The summed E-state index contributed by atoms with van der Waals surface area (Å²) in [5, 5.41) is 3.43. The molecule has 0 fully saturated rings. The number of halogens is 1. The van der Waals surface area contributed by atoms with Gasteiger partial charge in [-0.2, -0.15) is 0 Å². The van der Waals surface area contributed by atoms with Gasteiger partial charge in [0.25, 0.3) is 0 Å². The van der Waals surface area contributed by atoms with Gasteiger partial charge in [-0.1, -0.05) is 11.2 Å². The van der Waals surface area contributed by atoms with Crippen molar-refractivity contribution in [3.63, 3.8) is 0 Å². The fraction of sp³-hybridized carbons (Fsp3) is 0.222. The Morgan fingerprint density at radius 1 is 1.67 bits per heavy atom. The van der Waals surface area contributed by atoms with Crippen LogP contribution in [0.1, 0.15) is 17.3 Å². The fourth-order valence-electron chi connectivity index (χ4n) is 1.02. The van der Waals surface area contributed by atoms with Gasteiger partial charge in [0, 0.05) is 8.48 Å². The van der Waals surface area contributed by atoms with Crippen molar-refractivity contribution in [2.45, 2.75) is 6.92 Å². The molecular formula is C9H8IN3O2. The lowest BCUT2D eigenvalue weighted by molar-refractivity contribution is 0.0527. The smallest absolute Gasteiger partial charge is 0.338 e. The first-order valence-electron chi connectivity index (χ1n) is 4.20. The quantitative estimate of drug-likeness (QED) is 0.282. The summed E-state index contributed by atoms with van der Waals surface area (Å²) in [5.41, 5.74) is 8.91. The van der Waals surface area contributed by atoms with Crippen molar-refractivity contribution in [3.8, 4) is 0 Å². The Bertz CT molecular complexity index is 427. The lowest BCUT2D eigenvalue weighted by Gasteiger charge is -2.04. The molecule has 0 aromatic heterocycles. The van der Waals surface area contributed by atoms with E-state index < -0.39 is 5.97 Å². The van der Waals surface area contributed by atoms with Crippen LogP contribution in [-0.4, -0.2) is 12.6 Å². The molecule has 78 valence electrons. The fourth-order valence-corrected chi connectivity index (χ4v) is 1.51. The third-order valence-electron chi connectivity index (χ3n) is 1.61. The molecule has 0 saturated heterocycles. The predicted octanol–water partition coefficient (Wildman–Crippen LogP) is 3.41. The molecular weight excluding hydrogens is 309 g/mol. The van der Waals surface area contributed by atoms with E-state index in [2.05, 4.69) is 32.6 Å². The van der Waals surface area contributed by atoms with E-state index in [0.29, 0.717) is 12.2 Å². The summed E-state index contributed by atoms with van der Waals surface area (Å²) in [4.78, 5) is 14.1. The van der Waals surface area contributed by atoms with Crippen LogP contribution in [0, 0.1) is 3.57 Å². The summed E-state index contributed by atoms with van der Waals surface area (Å²) in [5.74, 6) is -0.474. The van der Waals surface area contributed by atoms with Crippen molar-refractivity contribution in [1.82, 2.24) is 0 Å². The molecule has 0 spiro atoms. The standard InChI is InChI=1S/C9H8IN3O2/c1-2-15-9(14)7-5-6(10)3-4-8(7)12-13-11/h3-5H,2H2,1H3. The number of hydrogen-bond acceptors (Lipinski definition) is 3. The maximum absolute atomic E-state index is 11.5. The molecule has 0 aliphatic carbocycles. The van der Waals surface area contributed by atoms with Crippen molar-refractivity contribution in [2.75, 3.05) is 6.61 Å². The Hall–Kier alpha value is -1.27. The number of carbonyl (C=O) groups excluding carboxylic acids is 1. The average molecular weight is 317 g/mol. The van der Waals surface area contributed by atoms with Gasteiger partial charge in [0.1, 0.15) is 0 Å². The summed E-state index contributed by atoms with van der Waals surface area (Å²) in [6.45, 7) is 2.01. The summed E-state index contributed by atoms with van der Waals surface area (Å²) < 4.78 is 5.73. The Balaban J connectivity index is 3.17. The molecule has 1 rings (SSSR count). The molecule has 1 aromatic carbocycles. The highest BCUT2D eigenvalue weighted by Crippen LogP contribution is 2.22. The van der Waals surface area contributed by atoms with Crippen molar-refractivity contribution in [3.05, 3.63) is 37.8 Å². The van der Waals surface area contributed by atoms with Gasteiger partial charge < -0.3 is 4.74 Å². The minimum absolute atomic E-state index is 0.288. The maximum Gasteiger partial charge on any atom is 0.338 e. The largest absolute Gasteiger partial charge is 0.462 e. The third-order valence-corrected chi connectivity index (χ3v) is 2.28. The molecule has 0 bridgehead atoms. The van der Waals surface area contributed by atoms with E-state index in [1.165, 1.54) is 0 Å². The monoisotopic (exact) mass is 317 g/mol. The molecule has 1 aromatic rings. The SMILES string of the molecule is CCOC(=O)c1cc(I)ccc1N=[N+]=[N-]. The topological polar surface area (TPSA) is 75.1 Å². The lowest BCUT2D eigenvalue weighted by Crippen LogP contribution is -2.05. The summed E-state index contributed by atoms with van der Waals surface area (Å²) in [6.07, 6.45) is 0. The molecule has 0 radical (unpaired) electrons. The second-order valence-corrected chi connectivity index (χ2v) is 3.82. The zero-order valence-electron chi connectivity index (χ0n) is 7.98.